The second-order valence-corrected chi connectivity index (χ2v) is 4.19. The molecule has 1 aliphatic rings. The van der Waals surface area contributed by atoms with Gasteiger partial charge in [-0.05, 0) is 13.8 Å². The number of hydrogen-bond acceptors (Lipinski definition) is 4. The van der Waals surface area contributed by atoms with E-state index in [-0.39, 0.29) is 11.9 Å². The minimum atomic E-state index is -0.271. The highest BCUT2D eigenvalue weighted by molar-refractivity contribution is 5.80. The number of carbonyl (C=O) groups is 1. The van der Waals surface area contributed by atoms with Gasteiger partial charge in [-0.15, -0.1) is 0 Å². The van der Waals surface area contributed by atoms with Crippen LogP contribution in [0.4, 0.5) is 0 Å². The molecule has 1 fully saturated rings. The Hall–Kier alpha value is -1.43. The van der Waals surface area contributed by atoms with Crippen LogP contribution in [0.3, 0.4) is 0 Å². The van der Waals surface area contributed by atoms with E-state index in [0.29, 0.717) is 6.04 Å². The monoisotopic (exact) mass is 223 g/mol. The highest BCUT2D eigenvalue weighted by Crippen LogP contribution is 2.09. The van der Waals surface area contributed by atoms with E-state index >= 15 is 0 Å². The average Bonchev–Trinajstić information content (AvgIpc) is 2.80. The van der Waals surface area contributed by atoms with Crippen LogP contribution in [0.25, 0.3) is 0 Å². The first-order valence-corrected chi connectivity index (χ1v) is 5.55. The summed E-state index contributed by atoms with van der Waals surface area (Å²) in [7, 11) is 0. The zero-order chi connectivity index (χ0) is 11.5. The Kier molecular flexibility index (Phi) is 3.19. The largest absolute Gasteiger partial charge is 0.338 e. The maximum atomic E-state index is 12.2. The van der Waals surface area contributed by atoms with Crippen molar-refractivity contribution in [2.45, 2.75) is 25.9 Å². The van der Waals surface area contributed by atoms with Crippen LogP contribution in [0.5, 0.6) is 0 Å². The summed E-state index contributed by atoms with van der Waals surface area (Å²) in [5.41, 5.74) is 0. The van der Waals surface area contributed by atoms with Gasteiger partial charge in [-0.3, -0.25) is 4.79 Å². The molecule has 1 saturated heterocycles. The first kappa shape index (κ1) is 11.1. The van der Waals surface area contributed by atoms with Gasteiger partial charge in [0.15, 0.2) is 0 Å². The summed E-state index contributed by atoms with van der Waals surface area (Å²) in [6, 6.07) is 0.0912. The fourth-order valence-electron chi connectivity index (χ4n) is 1.93. The van der Waals surface area contributed by atoms with Crippen molar-refractivity contribution in [2.24, 2.45) is 0 Å². The molecule has 2 rings (SSSR count). The minimum absolute atomic E-state index is 0.110. The second-order valence-electron chi connectivity index (χ2n) is 4.19. The lowest BCUT2D eigenvalue weighted by molar-refractivity contribution is -0.135. The number of rotatable bonds is 2. The van der Waals surface area contributed by atoms with E-state index in [0.717, 1.165) is 19.6 Å². The first-order valence-electron chi connectivity index (χ1n) is 5.55. The average molecular weight is 223 g/mol. The SMILES string of the molecule is CC(C(=O)N1CCN[C@H](C)C1)n1cncn1. The van der Waals surface area contributed by atoms with Crippen molar-refractivity contribution in [3.05, 3.63) is 12.7 Å². The number of aromatic nitrogens is 3. The molecule has 6 nitrogen and oxygen atoms in total. The van der Waals surface area contributed by atoms with Crippen molar-refractivity contribution in [3.63, 3.8) is 0 Å². The van der Waals surface area contributed by atoms with Crippen LogP contribution < -0.4 is 5.32 Å². The van der Waals surface area contributed by atoms with E-state index in [9.17, 15) is 4.79 Å². The predicted molar refractivity (Wildman–Crippen MR) is 58.8 cm³/mol. The molecule has 1 aliphatic heterocycles. The number of piperazine rings is 1. The number of nitrogens with one attached hydrogen (secondary N) is 1. The number of hydrogen-bond donors (Lipinski definition) is 1. The van der Waals surface area contributed by atoms with Gasteiger partial charge in [0.2, 0.25) is 5.91 Å². The summed E-state index contributed by atoms with van der Waals surface area (Å²) in [6.45, 7) is 6.32. The van der Waals surface area contributed by atoms with Gasteiger partial charge < -0.3 is 10.2 Å². The Balaban J connectivity index is 2.01. The molecular formula is C10H17N5O. The molecule has 2 heterocycles. The van der Waals surface area contributed by atoms with Gasteiger partial charge in [0.05, 0.1) is 0 Å². The molecule has 0 bridgehead atoms. The molecule has 1 aromatic rings. The van der Waals surface area contributed by atoms with Crippen molar-refractivity contribution in [2.75, 3.05) is 19.6 Å². The molecule has 6 heteroatoms. The molecule has 0 aliphatic carbocycles. The molecular weight excluding hydrogens is 206 g/mol. The topological polar surface area (TPSA) is 63.1 Å². The van der Waals surface area contributed by atoms with Crippen LogP contribution in [0.2, 0.25) is 0 Å². The van der Waals surface area contributed by atoms with E-state index < -0.39 is 0 Å². The zero-order valence-corrected chi connectivity index (χ0v) is 9.63. The van der Waals surface area contributed by atoms with Gasteiger partial charge in [0, 0.05) is 25.7 Å². The van der Waals surface area contributed by atoms with Crippen LogP contribution in [0, 0.1) is 0 Å². The highest BCUT2D eigenvalue weighted by atomic mass is 16.2. The number of carbonyl (C=O) groups excluding carboxylic acids is 1. The highest BCUT2D eigenvalue weighted by Gasteiger charge is 2.25. The lowest BCUT2D eigenvalue weighted by Crippen LogP contribution is -2.52. The Morgan fingerprint density at radius 3 is 3.06 bits per heavy atom. The van der Waals surface area contributed by atoms with Crippen molar-refractivity contribution in [3.8, 4) is 0 Å². The van der Waals surface area contributed by atoms with E-state index in [4.69, 9.17) is 0 Å². The quantitative estimate of drug-likeness (QED) is 0.745. The second kappa shape index (κ2) is 4.61. The Morgan fingerprint density at radius 2 is 2.44 bits per heavy atom. The summed E-state index contributed by atoms with van der Waals surface area (Å²) in [6.07, 6.45) is 3.03. The summed E-state index contributed by atoms with van der Waals surface area (Å²) in [5.74, 6) is 0.110. The van der Waals surface area contributed by atoms with Crippen molar-refractivity contribution >= 4 is 5.91 Å². The van der Waals surface area contributed by atoms with Crippen LogP contribution in [0.1, 0.15) is 19.9 Å². The van der Waals surface area contributed by atoms with Crippen LogP contribution in [-0.4, -0.2) is 51.2 Å². The molecule has 0 spiro atoms. The molecule has 0 aromatic carbocycles. The Morgan fingerprint density at radius 1 is 1.62 bits per heavy atom. The van der Waals surface area contributed by atoms with Gasteiger partial charge in [-0.2, -0.15) is 5.10 Å². The van der Waals surface area contributed by atoms with Crippen LogP contribution >= 0.6 is 0 Å². The van der Waals surface area contributed by atoms with E-state index in [1.807, 2.05) is 11.8 Å². The normalized spacial score (nSPS) is 23.1. The van der Waals surface area contributed by atoms with Crippen molar-refractivity contribution < 1.29 is 4.79 Å². The molecule has 88 valence electrons. The van der Waals surface area contributed by atoms with Gasteiger partial charge >= 0.3 is 0 Å². The van der Waals surface area contributed by atoms with E-state index in [1.54, 1.807) is 11.0 Å². The molecule has 1 amide bonds. The molecule has 0 radical (unpaired) electrons. The lowest BCUT2D eigenvalue weighted by atomic mass is 10.2. The minimum Gasteiger partial charge on any atom is -0.338 e. The predicted octanol–water partition coefficient (Wildman–Crippen LogP) is -0.341. The molecule has 16 heavy (non-hydrogen) atoms. The smallest absolute Gasteiger partial charge is 0.247 e. The van der Waals surface area contributed by atoms with Crippen molar-refractivity contribution in [1.82, 2.24) is 25.0 Å². The maximum absolute atomic E-state index is 12.2. The standard InChI is InChI=1S/C10H17N5O/c1-8-5-14(4-3-12-8)10(16)9(2)15-7-11-6-13-15/h6-9,12H,3-5H2,1-2H3/t8-,9?/m1/s1. The summed E-state index contributed by atoms with van der Waals surface area (Å²) >= 11 is 0. The van der Waals surface area contributed by atoms with E-state index in [2.05, 4.69) is 22.3 Å². The third-order valence-electron chi connectivity index (χ3n) is 2.87. The Bertz CT molecular complexity index is 350. The van der Waals surface area contributed by atoms with Crippen LogP contribution in [0.15, 0.2) is 12.7 Å². The van der Waals surface area contributed by atoms with Crippen LogP contribution in [-0.2, 0) is 4.79 Å². The number of nitrogens with zero attached hydrogens (tertiary/aromatic N) is 4. The molecule has 1 unspecified atom stereocenters. The van der Waals surface area contributed by atoms with Gasteiger partial charge in [0.25, 0.3) is 0 Å². The molecule has 1 aromatic heterocycles. The maximum Gasteiger partial charge on any atom is 0.247 e. The Labute approximate surface area is 94.6 Å². The fraction of sp³-hybridized carbons (Fsp3) is 0.700. The lowest BCUT2D eigenvalue weighted by Gasteiger charge is -2.33. The summed E-state index contributed by atoms with van der Waals surface area (Å²) < 4.78 is 1.59. The fourth-order valence-corrected chi connectivity index (χ4v) is 1.93. The van der Waals surface area contributed by atoms with Crippen molar-refractivity contribution in [1.29, 1.82) is 0 Å². The summed E-state index contributed by atoms with van der Waals surface area (Å²) in [4.78, 5) is 17.9. The third kappa shape index (κ3) is 2.21. The van der Waals surface area contributed by atoms with Gasteiger partial charge in [0.1, 0.15) is 18.7 Å². The van der Waals surface area contributed by atoms with Gasteiger partial charge in [-0.1, -0.05) is 0 Å². The van der Waals surface area contributed by atoms with E-state index in [1.165, 1.54) is 6.33 Å². The third-order valence-corrected chi connectivity index (χ3v) is 2.87. The summed E-state index contributed by atoms with van der Waals surface area (Å²) in [5, 5.41) is 7.31. The molecule has 2 atom stereocenters. The number of amides is 1. The molecule has 1 N–H and O–H groups in total. The molecule has 0 saturated carbocycles. The first-order chi connectivity index (χ1) is 7.68. The van der Waals surface area contributed by atoms with Gasteiger partial charge in [-0.25, -0.2) is 9.67 Å². The zero-order valence-electron chi connectivity index (χ0n) is 9.63.